The summed E-state index contributed by atoms with van der Waals surface area (Å²) >= 11 is 0. The van der Waals surface area contributed by atoms with E-state index in [1.807, 2.05) is 54.6 Å². The lowest BCUT2D eigenvalue weighted by Crippen LogP contribution is -2.35. The van der Waals surface area contributed by atoms with Crippen LogP contribution in [0.25, 0.3) is 5.70 Å². The average Bonchev–Trinajstić information content (AvgIpc) is 3.18. The molecule has 0 fully saturated rings. The van der Waals surface area contributed by atoms with Gasteiger partial charge in [0, 0.05) is 38.1 Å². The molecule has 0 aliphatic carbocycles. The maximum absolute atomic E-state index is 13.2. The molecule has 2 aromatic rings. The molecular weight excluding hydrogens is 428 g/mol. The van der Waals surface area contributed by atoms with Gasteiger partial charge in [0.1, 0.15) is 12.5 Å². The number of hydrogen-bond donors (Lipinski definition) is 0. The zero-order chi connectivity index (χ0) is 23.7. The standard InChI is InChI=1S/C27H28N4O3/c1-30-26(18-7-5-4-6-8-18)21(22-15-28-17-29-27(22)30)9-10-25(32)31-12-11-19-13-23(33-2)24(34-3)14-20(19)16-31/h4-10,13-15,17,22,27H,11-12,16H2,1-3H3/b10-9+. The Balaban J connectivity index is 1.41. The van der Waals surface area contributed by atoms with E-state index in [0.29, 0.717) is 18.8 Å². The van der Waals surface area contributed by atoms with Crippen LogP contribution in [-0.2, 0) is 17.8 Å². The van der Waals surface area contributed by atoms with E-state index in [2.05, 4.69) is 27.0 Å². The van der Waals surface area contributed by atoms with Crippen LogP contribution in [0.2, 0.25) is 0 Å². The number of benzene rings is 2. The van der Waals surface area contributed by atoms with Gasteiger partial charge in [-0.05, 0) is 40.8 Å². The Morgan fingerprint density at radius 1 is 1.09 bits per heavy atom. The van der Waals surface area contributed by atoms with Crippen molar-refractivity contribution in [1.82, 2.24) is 9.80 Å². The third-order valence-corrected chi connectivity index (χ3v) is 6.72. The van der Waals surface area contributed by atoms with E-state index in [1.165, 1.54) is 5.56 Å². The highest BCUT2D eigenvalue weighted by molar-refractivity contribution is 5.91. The number of fused-ring (bicyclic) bond motifs is 2. The van der Waals surface area contributed by atoms with Gasteiger partial charge in [0.25, 0.3) is 0 Å². The zero-order valence-electron chi connectivity index (χ0n) is 19.6. The predicted octanol–water partition coefficient (Wildman–Crippen LogP) is 3.56. The van der Waals surface area contributed by atoms with Gasteiger partial charge < -0.3 is 19.3 Å². The molecule has 34 heavy (non-hydrogen) atoms. The molecule has 3 heterocycles. The molecule has 1 amide bonds. The van der Waals surface area contributed by atoms with E-state index in [9.17, 15) is 4.79 Å². The fraction of sp³-hybridized carbons (Fsp3) is 0.296. The van der Waals surface area contributed by atoms with Gasteiger partial charge in [-0.1, -0.05) is 36.4 Å². The van der Waals surface area contributed by atoms with Crippen LogP contribution in [0.5, 0.6) is 11.5 Å². The van der Waals surface area contributed by atoms with E-state index in [0.717, 1.165) is 34.6 Å². The SMILES string of the molecule is COc1cc2c(cc1OC)CN(C(=O)/C=C/C1=C(c3ccccc3)N(C)C3N=CN=CC13)CC2. The van der Waals surface area contributed by atoms with Crippen LogP contribution in [0, 0.1) is 5.92 Å². The largest absolute Gasteiger partial charge is 0.493 e. The van der Waals surface area contributed by atoms with E-state index in [-0.39, 0.29) is 18.0 Å². The first-order valence-corrected chi connectivity index (χ1v) is 11.4. The second kappa shape index (κ2) is 9.17. The molecule has 0 bridgehead atoms. The monoisotopic (exact) mass is 456 g/mol. The van der Waals surface area contributed by atoms with Gasteiger partial charge in [-0.2, -0.15) is 0 Å². The van der Waals surface area contributed by atoms with Crippen LogP contribution in [0.1, 0.15) is 16.7 Å². The minimum atomic E-state index is -0.0493. The van der Waals surface area contributed by atoms with Crippen molar-refractivity contribution >= 4 is 24.2 Å². The number of aliphatic imine (C=N–C) groups is 2. The smallest absolute Gasteiger partial charge is 0.246 e. The molecule has 0 aromatic heterocycles. The van der Waals surface area contributed by atoms with Crippen molar-refractivity contribution in [2.45, 2.75) is 19.1 Å². The van der Waals surface area contributed by atoms with Crippen molar-refractivity contribution in [1.29, 1.82) is 0 Å². The van der Waals surface area contributed by atoms with E-state index in [4.69, 9.17) is 9.47 Å². The number of carbonyl (C=O) groups excluding carboxylic acids is 1. The van der Waals surface area contributed by atoms with Gasteiger partial charge in [0.05, 0.1) is 20.1 Å². The molecule has 7 nitrogen and oxygen atoms in total. The van der Waals surface area contributed by atoms with Gasteiger partial charge in [0.15, 0.2) is 11.5 Å². The summed E-state index contributed by atoms with van der Waals surface area (Å²) in [6.45, 7) is 1.20. The Morgan fingerprint density at radius 3 is 2.56 bits per heavy atom. The van der Waals surface area contributed by atoms with E-state index in [1.54, 1.807) is 26.6 Å². The fourth-order valence-electron chi connectivity index (χ4n) is 4.98. The van der Waals surface area contributed by atoms with Crippen LogP contribution in [0.3, 0.4) is 0 Å². The Morgan fingerprint density at radius 2 is 1.82 bits per heavy atom. The molecule has 5 rings (SSSR count). The maximum Gasteiger partial charge on any atom is 0.246 e. The molecule has 3 aliphatic rings. The molecule has 2 unspecified atom stereocenters. The summed E-state index contributed by atoms with van der Waals surface area (Å²) in [4.78, 5) is 26.1. The molecule has 0 N–H and O–H groups in total. The van der Waals surface area contributed by atoms with Crippen LogP contribution in [0.15, 0.2) is 70.2 Å². The Hall–Kier alpha value is -3.87. The van der Waals surface area contributed by atoms with Crippen LogP contribution in [-0.4, -0.2) is 62.2 Å². The number of amides is 1. The first-order valence-electron chi connectivity index (χ1n) is 11.4. The third kappa shape index (κ3) is 3.87. The number of rotatable bonds is 5. The van der Waals surface area contributed by atoms with E-state index >= 15 is 0 Å². The summed E-state index contributed by atoms with van der Waals surface area (Å²) in [6, 6.07) is 14.2. The summed E-state index contributed by atoms with van der Waals surface area (Å²) in [5.74, 6) is 1.40. The minimum absolute atomic E-state index is 0.00747. The number of methoxy groups -OCH3 is 2. The number of nitrogens with zero attached hydrogens (tertiary/aromatic N) is 4. The maximum atomic E-state index is 13.2. The van der Waals surface area contributed by atoms with Crippen LogP contribution >= 0.6 is 0 Å². The quantitative estimate of drug-likeness (QED) is 0.646. The van der Waals surface area contributed by atoms with Crippen molar-refractivity contribution in [3.63, 3.8) is 0 Å². The fourth-order valence-corrected chi connectivity index (χ4v) is 4.98. The second-order valence-corrected chi connectivity index (χ2v) is 8.60. The zero-order valence-corrected chi connectivity index (χ0v) is 19.6. The summed E-state index contributed by atoms with van der Waals surface area (Å²) < 4.78 is 10.9. The van der Waals surface area contributed by atoms with Crippen LogP contribution in [0.4, 0.5) is 0 Å². The lowest BCUT2D eigenvalue weighted by molar-refractivity contribution is -0.126. The van der Waals surface area contributed by atoms with Crippen molar-refractivity contribution in [2.75, 3.05) is 27.8 Å². The van der Waals surface area contributed by atoms with Crippen molar-refractivity contribution < 1.29 is 14.3 Å². The van der Waals surface area contributed by atoms with Gasteiger partial charge in [-0.15, -0.1) is 0 Å². The molecule has 2 aromatic carbocycles. The first kappa shape index (κ1) is 21.9. The summed E-state index contributed by atoms with van der Waals surface area (Å²) in [5, 5.41) is 0. The Kier molecular flexibility index (Phi) is 5.92. The molecule has 0 spiro atoms. The van der Waals surface area contributed by atoms with Crippen molar-refractivity contribution in [2.24, 2.45) is 15.9 Å². The molecular formula is C27H28N4O3. The highest BCUT2D eigenvalue weighted by Gasteiger charge is 2.38. The summed E-state index contributed by atoms with van der Waals surface area (Å²) in [5.41, 5.74) is 5.51. The molecule has 2 atom stereocenters. The van der Waals surface area contributed by atoms with E-state index < -0.39 is 0 Å². The van der Waals surface area contributed by atoms with Crippen molar-refractivity contribution in [3.8, 4) is 11.5 Å². The molecule has 7 heteroatoms. The summed E-state index contributed by atoms with van der Waals surface area (Å²) in [6.07, 6.45) is 7.89. The minimum Gasteiger partial charge on any atom is -0.493 e. The Labute approximate surface area is 199 Å². The van der Waals surface area contributed by atoms with Crippen LogP contribution < -0.4 is 9.47 Å². The normalized spacial score (nSPS) is 21.1. The Bertz CT molecular complexity index is 1220. The molecule has 174 valence electrons. The number of allylic oxidation sites excluding steroid dienone is 1. The molecule has 0 saturated carbocycles. The predicted molar refractivity (Wildman–Crippen MR) is 133 cm³/mol. The number of carbonyl (C=O) groups is 1. The topological polar surface area (TPSA) is 66.7 Å². The molecule has 0 radical (unpaired) electrons. The van der Waals surface area contributed by atoms with Gasteiger partial charge in [-0.25, -0.2) is 9.98 Å². The average molecular weight is 457 g/mol. The lowest BCUT2D eigenvalue weighted by Gasteiger charge is -2.29. The highest BCUT2D eigenvalue weighted by Crippen LogP contribution is 2.40. The number of ether oxygens (including phenoxy) is 2. The summed E-state index contributed by atoms with van der Waals surface area (Å²) in [7, 11) is 5.31. The van der Waals surface area contributed by atoms with Gasteiger partial charge in [-0.3, -0.25) is 4.79 Å². The first-order chi connectivity index (χ1) is 16.6. The van der Waals surface area contributed by atoms with Gasteiger partial charge in [0.2, 0.25) is 5.91 Å². The van der Waals surface area contributed by atoms with Crippen molar-refractivity contribution in [3.05, 3.63) is 76.9 Å². The van der Waals surface area contributed by atoms with Gasteiger partial charge >= 0.3 is 0 Å². The highest BCUT2D eigenvalue weighted by atomic mass is 16.5. The third-order valence-electron chi connectivity index (χ3n) is 6.72. The lowest BCUT2D eigenvalue weighted by atomic mass is 9.96. The number of hydrogen-bond acceptors (Lipinski definition) is 6. The second-order valence-electron chi connectivity index (χ2n) is 8.60. The molecule has 3 aliphatic heterocycles. The molecule has 0 saturated heterocycles.